The first-order valence-electron chi connectivity index (χ1n) is 8.31. The van der Waals surface area contributed by atoms with E-state index in [2.05, 4.69) is 18.7 Å². The van der Waals surface area contributed by atoms with Gasteiger partial charge in [0, 0.05) is 12.8 Å². The molecule has 0 saturated carbocycles. The molecular weight excluding hydrogens is 288 g/mol. The number of hydrogen-bond acceptors (Lipinski definition) is 3. The maximum Gasteiger partial charge on any atom is 0.135 e. The summed E-state index contributed by atoms with van der Waals surface area (Å²) in [6.07, 6.45) is 8.20. The van der Waals surface area contributed by atoms with E-state index in [1.807, 2.05) is 18.2 Å². The van der Waals surface area contributed by atoms with E-state index < -0.39 is 12.2 Å². The van der Waals surface area contributed by atoms with E-state index >= 15 is 0 Å². The summed E-state index contributed by atoms with van der Waals surface area (Å²) in [5.41, 5.74) is 1.29. The Labute approximate surface area is 139 Å². The van der Waals surface area contributed by atoms with Crippen molar-refractivity contribution in [2.75, 3.05) is 0 Å². The van der Waals surface area contributed by atoms with Crippen LogP contribution in [0, 0.1) is 0 Å². The van der Waals surface area contributed by atoms with E-state index in [1.54, 1.807) is 18.2 Å². The smallest absolute Gasteiger partial charge is 0.135 e. The fourth-order valence-corrected chi connectivity index (χ4v) is 2.39. The quantitative estimate of drug-likeness (QED) is 0.457. The number of aliphatic hydroxyl groups excluding tert-OH is 2. The van der Waals surface area contributed by atoms with Crippen LogP contribution in [-0.4, -0.2) is 28.2 Å². The van der Waals surface area contributed by atoms with Crippen molar-refractivity contribution in [3.8, 4) is 0 Å². The van der Waals surface area contributed by atoms with Crippen molar-refractivity contribution in [1.29, 1.82) is 0 Å². The number of aliphatic hydroxyl groups is 2. The first-order valence-corrected chi connectivity index (χ1v) is 8.31. The van der Waals surface area contributed by atoms with E-state index in [1.165, 1.54) is 5.56 Å². The molecule has 0 fully saturated rings. The zero-order chi connectivity index (χ0) is 16.9. The fraction of sp³-hybridized carbons (Fsp3) is 0.450. The number of carbonyl (C=O) groups excluding carboxylic acids is 1. The SMILES string of the molecule is C=CC[C@H](O)/C=C/C[C@@H](O)CC(=O)CCCCc1ccccc1. The molecule has 3 heteroatoms. The van der Waals surface area contributed by atoms with Crippen LogP contribution in [0.5, 0.6) is 0 Å². The lowest BCUT2D eigenvalue weighted by molar-refractivity contribution is -0.121. The molecule has 3 nitrogen and oxygen atoms in total. The van der Waals surface area contributed by atoms with E-state index in [9.17, 15) is 15.0 Å². The summed E-state index contributed by atoms with van der Waals surface area (Å²) in [4.78, 5) is 11.8. The van der Waals surface area contributed by atoms with Gasteiger partial charge >= 0.3 is 0 Å². The van der Waals surface area contributed by atoms with Crippen molar-refractivity contribution in [3.63, 3.8) is 0 Å². The average Bonchev–Trinajstić information content (AvgIpc) is 2.53. The van der Waals surface area contributed by atoms with Gasteiger partial charge in [0.1, 0.15) is 5.78 Å². The number of carbonyl (C=O) groups is 1. The highest BCUT2D eigenvalue weighted by Crippen LogP contribution is 2.09. The zero-order valence-corrected chi connectivity index (χ0v) is 13.7. The first kappa shape index (κ1) is 19.3. The molecule has 23 heavy (non-hydrogen) atoms. The van der Waals surface area contributed by atoms with Gasteiger partial charge in [0.15, 0.2) is 0 Å². The van der Waals surface area contributed by atoms with Gasteiger partial charge in [-0.25, -0.2) is 0 Å². The summed E-state index contributed by atoms with van der Waals surface area (Å²) in [7, 11) is 0. The molecule has 0 aromatic heterocycles. The highest BCUT2D eigenvalue weighted by Gasteiger charge is 2.09. The van der Waals surface area contributed by atoms with E-state index in [-0.39, 0.29) is 12.2 Å². The third-order valence-corrected chi connectivity index (χ3v) is 3.65. The minimum atomic E-state index is -0.663. The molecule has 0 bridgehead atoms. The molecule has 1 rings (SSSR count). The summed E-state index contributed by atoms with van der Waals surface area (Å²) >= 11 is 0. The Balaban J connectivity index is 2.12. The molecular formula is C20H28O3. The van der Waals surface area contributed by atoms with Gasteiger partial charge in [0.05, 0.1) is 12.2 Å². The molecule has 0 heterocycles. The molecule has 1 aromatic rings. The molecule has 0 aliphatic rings. The molecule has 2 atom stereocenters. The van der Waals surface area contributed by atoms with E-state index in [4.69, 9.17) is 0 Å². The average molecular weight is 316 g/mol. The van der Waals surface area contributed by atoms with E-state index in [0.29, 0.717) is 19.3 Å². The minimum Gasteiger partial charge on any atom is -0.392 e. The summed E-state index contributed by atoms with van der Waals surface area (Å²) in [6.45, 7) is 3.55. The summed E-state index contributed by atoms with van der Waals surface area (Å²) < 4.78 is 0. The van der Waals surface area contributed by atoms with Crippen LogP contribution in [0.15, 0.2) is 55.1 Å². The number of rotatable bonds is 12. The van der Waals surface area contributed by atoms with Crippen molar-refractivity contribution in [1.82, 2.24) is 0 Å². The molecule has 0 unspecified atom stereocenters. The number of aryl methyl sites for hydroxylation is 1. The lowest BCUT2D eigenvalue weighted by Gasteiger charge is -2.08. The Bertz CT molecular complexity index is 479. The molecule has 0 amide bonds. The number of benzene rings is 1. The normalized spacial score (nSPS) is 13.8. The highest BCUT2D eigenvalue weighted by atomic mass is 16.3. The summed E-state index contributed by atoms with van der Waals surface area (Å²) in [6, 6.07) is 10.2. The van der Waals surface area contributed by atoms with Gasteiger partial charge in [-0.1, -0.05) is 48.6 Å². The van der Waals surface area contributed by atoms with Crippen LogP contribution in [0.3, 0.4) is 0 Å². The number of hydrogen-bond donors (Lipinski definition) is 2. The second-order valence-electron chi connectivity index (χ2n) is 5.84. The Morgan fingerprint density at radius 3 is 2.57 bits per heavy atom. The topological polar surface area (TPSA) is 57.5 Å². The van der Waals surface area contributed by atoms with Gasteiger partial charge in [-0.05, 0) is 37.7 Å². The summed E-state index contributed by atoms with van der Waals surface area (Å²) in [5, 5.41) is 19.3. The molecule has 0 radical (unpaired) electrons. The van der Waals surface area contributed by atoms with Crippen LogP contribution in [0.2, 0.25) is 0 Å². The van der Waals surface area contributed by atoms with Gasteiger partial charge in [-0.15, -0.1) is 6.58 Å². The van der Waals surface area contributed by atoms with Crippen LogP contribution >= 0.6 is 0 Å². The largest absolute Gasteiger partial charge is 0.392 e. The van der Waals surface area contributed by atoms with Crippen molar-refractivity contribution in [2.45, 2.75) is 57.2 Å². The first-order chi connectivity index (χ1) is 11.1. The molecule has 0 saturated heterocycles. The van der Waals surface area contributed by atoms with Crippen LogP contribution in [0.25, 0.3) is 0 Å². The van der Waals surface area contributed by atoms with Crippen LogP contribution in [0.4, 0.5) is 0 Å². The standard InChI is InChI=1S/C20H28O3/c1-2-9-18(21)14-8-15-20(23)16-19(22)13-7-6-12-17-10-4-3-5-11-17/h2-5,8,10-11,14,18,20-21,23H,1,6-7,9,12-13,15-16H2/b14-8+/t18-,20+/m0/s1. The molecule has 0 aliphatic heterocycles. The van der Waals surface area contributed by atoms with Gasteiger partial charge in [-0.2, -0.15) is 0 Å². The zero-order valence-electron chi connectivity index (χ0n) is 13.7. The van der Waals surface area contributed by atoms with Crippen LogP contribution in [-0.2, 0) is 11.2 Å². The van der Waals surface area contributed by atoms with Crippen molar-refractivity contribution in [2.24, 2.45) is 0 Å². The lowest BCUT2D eigenvalue weighted by Crippen LogP contribution is -2.12. The molecule has 0 aliphatic carbocycles. The second-order valence-corrected chi connectivity index (χ2v) is 5.84. The van der Waals surface area contributed by atoms with E-state index in [0.717, 1.165) is 19.3 Å². The fourth-order valence-electron chi connectivity index (χ4n) is 2.39. The Kier molecular flexibility index (Phi) is 9.92. The second kappa shape index (κ2) is 11.8. The Hall–Kier alpha value is -1.71. The van der Waals surface area contributed by atoms with Gasteiger partial charge in [0.25, 0.3) is 0 Å². The number of unbranched alkanes of at least 4 members (excludes halogenated alkanes) is 1. The Morgan fingerprint density at radius 2 is 1.87 bits per heavy atom. The van der Waals surface area contributed by atoms with Crippen molar-refractivity contribution < 1.29 is 15.0 Å². The van der Waals surface area contributed by atoms with Gasteiger partial charge in [-0.3, -0.25) is 4.79 Å². The molecule has 0 spiro atoms. The summed E-state index contributed by atoms with van der Waals surface area (Å²) in [5.74, 6) is 0.102. The minimum absolute atomic E-state index is 0.102. The van der Waals surface area contributed by atoms with Crippen LogP contribution < -0.4 is 0 Å². The van der Waals surface area contributed by atoms with Crippen molar-refractivity contribution >= 4 is 5.78 Å². The molecule has 1 aromatic carbocycles. The predicted octanol–water partition coefficient (Wildman–Crippen LogP) is 3.60. The number of Topliss-reactive ketones (excluding diaryl/α,β-unsaturated/α-hetero) is 1. The highest BCUT2D eigenvalue weighted by molar-refractivity contribution is 5.78. The van der Waals surface area contributed by atoms with Gasteiger partial charge in [0.2, 0.25) is 0 Å². The third kappa shape index (κ3) is 9.82. The predicted molar refractivity (Wildman–Crippen MR) is 94.2 cm³/mol. The molecule has 126 valence electrons. The van der Waals surface area contributed by atoms with Crippen LogP contribution in [0.1, 0.15) is 44.1 Å². The van der Waals surface area contributed by atoms with Crippen molar-refractivity contribution in [3.05, 3.63) is 60.7 Å². The number of ketones is 1. The molecule has 2 N–H and O–H groups in total. The van der Waals surface area contributed by atoms with Gasteiger partial charge < -0.3 is 10.2 Å². The maximum absolute atomic E-state index is 11.8. The Morgan fingerprint density at radius 1 is 1.13 bits per heavy atom. The lowest BCUT2D eigenvalue weighted by atomic mass is 10.0. The monoisotopic (exact) mass is 316 g/mol. The third-order valence-electron chi connectivity index (χ3n) is 3.65. The maximum atomic E-state index is 11.8.